The standard InChI is InChI=1S/C25H29N3O5/c1-25(23(30)31)14-28(15-25)22(29)21(12-27(2)3)26-24(32)33-13-20-18-10-6-4-8-16(18)17-9-5-7-11-19(17)20/h4-11,20-21H,12-15H2,1-3H3,(H,26,32)(H,30,31)/t21-/m0/s1. The quantitative estimate of drug-likeness (QED) is 0.671. The van der Waals surface area contributed by atoms with Crippen molar-refractivity contribution in [2.24, 2.45) is 5.41 Å². The number of carbonyl (C=O) groups excluding carboxylic acids is 2. The number of hydrogen-bond acceptors (Lipinski definition) is 5. The summed E-state index contributed by atoms with van der Waals surface area (Å²) in [5.74, 6) is -1.31. The molecule has 174 valence electrons. The maximum Gasteiger partial charge on any atom is 0.407 e. The van der Waals surface area contributed by atoms with E-state index < -0.39 is 23.5 Å². The number of likely N-dealkylation sites (N-methyl/N-ethyl adjacent to an activating group) is 1. The molecule has 2 aliphatic rings. The monoisotopic (exact) mass is 451 g/mol. The molecule has 0 aromatic heterocycles. The zero-order chi connectivity index (χ0) is 23.8. The smallest absolute Gasteiger partial charge is 0.407 e. The number of carboxylic acid groups (broad SMARTS) is 1. The molecule has 2 aromatic carbocycles. The minimum Gasteiger partial charge on any atom is -0.481 e. The Kier molecular flexibility index (Phi) is 6.12. The Balaban J connectivity index is 1.40. The summed E-state index contributed by atoms with van der Waals surface area (Å²) in [4.78, 5) is 40.2. The fourth-order valence-corrected chi connectivity index (χ4v) is 4.64. The maximum absolute atomic E-state index is 12.9. The van der Waals surface area contributed by atoms with Crippen molar-refractivity contribution in [3.63, 3.8) is 0 Å². The lowest BCUT2D eigenvalue weighted by Crippen LogP contribution is -2.65. The highest BCUT2D eigenvalue weighted by Gasteiger charge is 2.48. The van der Waals surface area contributed by atoms with E-state index in [1.165, 1.54) is 4.90 Å². The zero-order valence-electron chi connectivity index (χ0n) is 19.1. The lowest BCUT2D eigenvalue weighted by molar-refractivity contribution is -0.164. The van der Waals surface area contributed by atoms with E-state index in [0.29, 0.717) is 0 Å². The highest BCUT2D eigenvalue weighted by molar-refractivity contribution is 5.89. The summed E-state index contributed by atoms with van der Waals surface area (Å²) in [6, 6.07) is 15.3. The van der Waals surface area contributed by atoms with Crippen LogP contribution in [0.1, 0.15) is 24.0 Å². The predicted octanol–water partition coefficient (Wildman–Crippen LogP) is 2.39. The lowest BCUT2D eigenvalue weighted by atomic mass is 9.81. The van der Waals surface area contributed by atoms with Crippen LogP contribution in [-0.2, 0) is 14.3 Å². The lowest BCUT2D eigenvalue weighted by Gasteiger charge is -2.46. The number of rotatable bonds is 7. The van der Waals surface area contributed by atoms with Crippen molar-refractivity contribution >= 4 is 18.0 Å². The van der Waals surface area contributed by atoms with Crippen LogP contribution in [0.5, 0.6) is 0 Å². The van der Waals surface area contributed by atoms with Crippen molar-refractivity contribution in [3.8, 4) is 11.1 Å². The van der Waals surface area contributed by atoms with Crippen LogP contribution >= 0.6 is 0 Å². The van der Waals surface area contributed by atoms with Crippen LogP contribution in [-0.4, -0.2) is 79.3 Å². The van der Waals surface area contributed by atoms with Crippen molar-refractivity contribution < 1.29 is 24.2 Å². The van der Waals surface area contributed by atoms with Gasteiger partial charge in [-0.15, -0.1) is 0 Å². The van der Waals surface area contributed by atoms with Gasteiger partial charge in [0.1, 0.15) is 18.1 Å². The maximum atomic E-state index is 12.9. The van der Waals surface area contributed by atoms with E-state index in [9.17, 15) is 19.5 Å². The topological polar surface area (TPSA) is 99.2 Å². The SMILES string of the molecule is CN(C)C[C@H](NC(=O)OCC1c2ccccc2-c2ccccc21)C(=O)N1CC(C)(C(=O)O)C1. The Labute approximate surface area is 193 Å². The molecule has 0 bridgehead atoms. The molecule has 1 aliphatic carbocycles. The third-order valence-electron chi connectivity index (χ3n) is 6.39. The van der Waals surface area contributed by atoms with Gasteiger partial charge in [0, 0.05) is 25.6 Å². The average Bonchev–Trinajstić information content (AvgIpc) is 3.08. The molecule has 1 aliphatic heterocycles. The minimum absolute atomic E-state index is 0.0715. The molecule has 1 atom stereocenters. The number of amides is 2. The highest BCUT2D eigenvalue weighted by atomic mass is 16.5. The number of aliphatic carboxylic acids is 1. The van der Waals surface area contributed by atoms with Gasteiger partial charge >= 0.3 is 12.1 Å². The number of nitrogens with zero attached hydrogens (tertiary/aromatic N) is 2. The van der Waals surface area contributed by atoms with Crippen LogP contribution in [0.4, 0.5) is 4.79 Å². The van der Waals surface area contributed by atoms with Gasteiger partial charge in [0.15, 0.2) is 0 Å². The third-order valence-corrected chi connectivity index (χ3v) is 6.39. The normalized spacial score (nSPS) is 17.0. The van der Waals surface area contributed by atoms with Crippen molar-refractivity contribution in [1.29, 1.82) is 0 Å². The Hall–Kier alpha value is -3.39. The molecule has 0 spiro atoms. The first-order valence-corrected chi connectivity index (χ1v) is 11.0. The number of ether oxygens (including phenoxy) is 1. The van der Waals surface area contributed by atoms with Gasteiger partial charge in [-0.25, -0.2) is 4.79 Å². The molecule has 1 fully saturated rings. The van der Waals surface area contributed by atoms with Crippen molar-refractivity contribution in [3.05, 3.63) is 59.7 Å². The van der Waals surface area contributed by atoms with E-state index >= 15 is 0 Å². The van der Waals surface area contributed by atoms with E-state index in [2.05, 4.69) is 17.4 Å². The van der Waals surface area contributed by atoms with E-state index in [1.54, 1.807) is 25.9 Å². The van der Waals surface area contributed by atoms with Gasteiger partial charge in [0.05, 0.1) is 0 Å². The first-order valence-electron chi connectivity index (χ1n) is 11.0. The summed E-state index contributed by atoms with van der Waals surface area (Å²) in [5.41, 5.74) is 3.56. The molecule has 2 amide bonds. The number of carboxylic acids is 1. The molecule has 1 heterocycles. The van der Waals surface area contributed by atoms with Crippen LogP contribution in [0, 0.1) is 5.41 Å². The van der Waals surface area contributed by atoms with Gasteiger partial charge in [-0.1, -0.05) is 48.5 Å². The average molecular weight is 452 g/mol. The second-order valence-electron chi connectivity index (χ2n) is 9.34. The van der Waals surface area contributed by atoms with Crippen LogP contribution < -0.4 is 5.32 Å². The molecule has 4 rings (SSSR count). The van der Waals surface area contributed by atoms with Crippen LogP contribution in [0.15, 0.2) is 48.5 Å². The summed E-state index contributed by atoms with van der Waals surface area (Å²) >= 11 is 0. The second kappa shape index (κ2) is 8.86. The zero-order valence-corrected chi connectivity index (χ0v) is 19.1. The van der Waals surface area contributed by atoms with Gasteiger partial charge in [0.25, 0.3) is 0 Å². The predicted molar refractivity (Wildman–Crippen MR) is 123 cm³/mol. The molecule has 8 nitrogen and oxygen atoms in total. The van der Waals surface area contributed by atoms with Crippen molar-refractivity contribution in [2.45, 2.75) is 18.9 Å². The number of hydrogen-bond donors (Lipinski definition) is 2. The number of nitrogens with one attached hydrogen (secondary N) is 1. The van der Waals surface area contributed by atoms with E-state index in [-0.39, 0.29) is 38.1 Å². The largest absolute Gasteiger partial charge is 0.481 e. The summed E-state index contributed by atoms with van der Waals surface area (Å²) in [5, 5.41) is 12.0. The molecule has 0 radical (unpaired) electrons. The summed E-state index contributed by atoms with van der Waals surface area (Å²) in [7, 11) is 3.61. The molecule has 0 saturated carbocycles. The van der Waals surface area contributed by atoms with Gasteiger partial charge < -0.3 is 25.0 Å². The molecule has 1 saturated heterocycles. The number of carbonyl (C=O) groups is 3. The Morgan fingerprint density at radius 1 is 1.09 bits per heavy atom. The first-order chi connectivity index (χ1) is 15.7. The van der Waals surface area contributed by atoms with Crippen LogP contribution in [0.2, 0.25) is 0 Å². The van der Waals surface area contributed by atoms with E-state index in [4.69, 9.17) is 4.74 Å². The number of likely N-dealkylation sites (tertiary alicyclic amines) is 1. The van der Waals surface area contributed by atoms with E-state index in [0.717, 1.165) is 22.3 Å². The minimum atomic E-state index is -0.942. The molecule has 2 aromatic rings. The summed E-state index contributed by atoms with van der Waals surface area (Å²) in [6.07, 6.45) is -0.668. The molecule has 2 N–H and O–H groups in total. The van der Waals surface area contributed by atoms with Gasteiger partial charge in [-0.3, -0.25) is 9.59 Å². The summed E-state index contributed by atoms with van der Waals surface area (Å²) in [6.45, 7) is 2.29. The number of alkyl carbamates (subject to hydrolysis) is 1. The van der Waals surface area contributed by atoms with E-state index in [1.807, 2.05) is 36.4 Å². The highest BCUT2D eigenvalue weighted by Crippen LogP contribution is 2.44. The van der Waals surface area contributed by atoms with Gasteiger partial charge in [0.2, 0.25) is 5.91 Å². The third kappa shape index (κ3) is 4.43. The summed E-state index contributed by atoms with van der Waals surface area (Å²) < 4.78 is 5.58. The molecule has 0 unspecified atom stereocenters. The fourth-order valence-electron chi connectivity index (χ4n) is 4.64. The molecular formula is C25H29N3O5. The van der Waals surface area contributed by atoms with Crippen LogP contribution in [0.3, 0.4) is 0 Å². The molecule has 33 heavy (non-hydrogen) atoms. The number of benzene rings is 2. The van der Waals surface area contributed by atoms with Crippen molar-refractivity contribution in [2.75, 3.05) is 40.3 Å². The van der Waals surface area contributed by atoms with Crippen LogP contribution in [0.25, 0.3) is 11.1 Å². The Morgan fingerprint density at radius 3 is 2.15 bits per heavy atom. The first kappa shape index (κ1) is 22.8. The fraction of sp³-hybridized carbons (Fsp3) is 0.400. The Morgan fingerprint density at radius 2 is 1.64 bits per heavy atom. The van der Waals surface area contributed by atoms with Crippen molar-refractivity contribution in [1.82, 2.24) is 15.1 Å². The van der Waals surface area contributed by atoms with Gasteiger partial charge in [-0.05, 0) is 43.3 Å². The second-order valence-corrected chi connectivity index (χ2v) is 9.34. The number of fused-ring (bicyclic) bond motifs is 3. The molecule has 8 heteroatoms. The Bertz CT molecular complexity index is 1030. The van der Waals surface area contributed by atoms with Gasteiger partial charge in [-0.2, -0.15) is 0 Å². The molecular weight excluding hydrogens is 422 g/mol.